The van der Waals surface area contributed by atoms with Gasteiger partial charge < -0.3 is 18.6 Å². The van der Waals surface area contributed by atoms with Crippen molar-refractivity contribution in [1.82, 2.24) is 0 Å². The highest BCUT2D eigenvalue weighted by molar-refractivity contribution is 6.71. The van der Waals surface area contributed by atoms with Crippen LogP contribution in [0.5, 0.6) is 0 Å². The Hall–Kier alpha value is -1.07. The zero-order valence-corrected chi connectivity index (χ0v) is 18.7. The Bertz CT molecular complexity index is 659. The van der Waals surface area contributed by atoms with Crippen molar-refractivity contribution in [2.45, 2.75) is 89.4 Å². The molecule has 0 amide bonds. The fraction of sp³-hybridized carbons (Fsp3) is 0.636. The van der Waals surface area contributed by atoms with Gasteiger partial charge in [-0.2, -0.15) is 0 Å². The van der Waals surface area contributed by atoms with E-state index in [1.165, 1.54) is 0 Å². The van der Waals surface area contributed by atoms with Crippen molar-refractivity contribution in [1.29, 1.82) is 0 Å². The van der Waals surface area contributed by atoms with E-state index < -0.39 is 41.9 Å². The van der Waals surface area contributed by atoms with Crippen molar-refractivity contribution in [2.24, 2.45) is 0 Å². The van der Waals surface area contributed by atoms with Crippen LogP contribution in [0.1, 0.15) is 67.4 Å². The van der Waals surface area contributed by atoms with Gasteiger partial charge in [0.15, 0.2) is 0 Å². The van der Waals surface area contributed by atoms with Gasteiger partial charge in [-0.1, -0.05) is 36.4 Å². The molecule has 0 unspecified atom stereocenters. The van der Waals surface area contributed by atoms with Gasteiger partial charge in [0, 0.05) is 0 Å². The molecule has 152 valence electrons. The minimum Gasteiger partial charge on any atom is -0.403 e. The maximum absolute atomic E-state index is 6.56. The molecular formula is C22H34B2O4. The molecule has 2 saturated heterocycles. The molecule has 1 aromatic rings. The molecule has 0 radical (unpaired) electrons. The molecule has 28 heavy (non-hydrogen) atoms. The number of rotatable bonds is 5. The van der Waals surface area contributed by atoms with Gasteiger partial charge in [-0.3, -0.25) is 0 Å². The summed E-state index contributed by atoms with van der Waals surface area (Å²) in [7, 11) is -1.07. The third-order valence-corrected chi connectivity index (χ3v) is 7.14. The first-order valence-corrected chi connectivity index (χ1v) is 10.2. The SMILES string of the molecule is C=CCC(B1OC(C)(C)C(C)(C)O1)(B1OC(C)(C)C(C)(C)O1)c1ccccc1. The standard InChI is InChI=1S/C22H34B2O4/c1-10-16-22(17-14-12-11-13-15-17,23-25-18(2,3)19(4,5)26-23)24-27-20(6,7)21(8,9)28-24/h10-15H,1,16H2,2-9H3. The van der Waals surface area contributed by atoms with Crippen LogP contribution in [0, 0.1) is 0 Å². The van der Waals surface area contributed by atoms with Crippen molar-refractivity contribution in [3.8, 4) is 0 Å². The quantitative estimate of drug-likeness (QED) is 0.542. The average molecular weight is 384 g/mol. The number of hydrogen-bond donors (Lipinski definition) is 0. The van der Waals surface area contributed by atoms with E-state index >= 15 is 0 Å². The molecule has 1 aromatic carbocycles. The zero-order chi connectivity index (χ0) is 21.0. The Balaban J connectivity index is 2.16. The van der Waals surface area contributed by atoms with Crippen molar-refractivity contribution in [3.05, 3.63) is 48.6 Å². The minimum atomic E-state index is -0.681. The highest BCUT2D eigenvalue weighted by Crippen LogP contribution is 2.50. The molecule has 0 N–H and O–H groups in total. The third-order valence-electron chi connectivity index (χ3n) is 7.14. The smallest absolute Gasteiger partial charge is 0.403 e. The average Bonchev–Trinajstić information content (AvgIpc) is 2.93. The van der Waals surface area contributed by atoms with Gasteiger partial charge in [0.25, 0.3) is 0 Å². The largest absolute Gasteiger partial charge is 0.467 e. The van der Waals surface area contributed by atoms with Crippen molar-refractivity contribution < 1.29 is 18.6 Å². The highest BCUT2D eigenvalue weighted by Gasteiger charge is 2.69. The van der Waals surface area contributed by atoms with E-state index in [4.69, 9.17) is 18.6 Å². The molecule has 2 heterocycles. The lowest BCUT2D eigenvalue weighted by Gasteiger charge is -2.36. The number of benzene rings is 1. The predicted molar refractivity (Wildman–Crippen MR) is 115 cm³/mol. The summed E-state index contributed by atoms with van der Waals surface area (Å²) >= 11 is 0. The zero-order valence-electron chi connectivity index (χ0n) is 18.7. The molecule has 0 aliphatic carbocycles. The van der Waals surface area contributed by atoms with E-state index in [2.05, 4.69) is 74.1 Å². The van der Waals surface area contributed by atoms with E-state index in [9.17, 15) is 0 Å². The van der Waals surface area contributed by atoms with Crippen LogP contribution in [0.15, 0.2) is 43.0 Å². The van der Waals surface area contributed by atoms with Crippen LogP contribution in [0.25, 0.3) is 0 Å². The first-order chi connectivity index (χ1) is 12.8. The highest BCUT2D eigenvalue weighted by atomic mass is 16.7. The first-order valence-electron chi connectivity index (χ1n) is 10.2. The number of hydrogen-bond acceptors (Lipinski definition) is 4. The van der Waals surface area contributed by atoms with Crippen LogP contribution in [0.2, 0.25) is 0 Å². The molecule has 2 fully saturated rings. The lowest BCUT2D eigenvalue weighted by Crippen LogP contribution is -2.58. The van der Waals surface area contributed by atoms with E-state index in [0.29, 0.717) is 6.42 Å². The normalized spacial score (nSPS) is 25.1. The Labute approximate surface area is 171 Å². The predicted octanol–water partition coefficient (Wildman–Crippen LogP) is 4.76. The molecule has 2 aliphatic rings. The lowest BCUT2D eigenvalue weighted by molar-refractivity contribution is 0.00578. The summed E-state index contributed by atoms with van der Waals surface area (Å²) in [6.07, 6.45) is 2.51. The molecule has 2 aliphatic heterocycles. The molecule has 0 saturated carbocycles. The molecule has 0 bridgehead atoms. The van der Waals surface area contributed by atoms with Gasteiger partial charge in [0.1, 0.15) is 0 Å². The van der Waals surface area contributed by atoms with Gasteiger partial charge >= 0.3 is 14.2 Å². The van der Waals surface area contributed by atoms with Crippen LogP contribution in [-0.2, 0) is 23.8 Å². The molecule has 0 aromatic heterocycles. The number of allylic oxidation sites excluding steroid dienone is 1. The Kier molecular flexibility index (Phi) is 5.20. The summed E-state index contributed by atoms with van der Waals surface area (Å²) in [5, 5.41) is -0.681. The van der Waals surface area contributed by atoms with Gasteiger partial charge in [0.05, 0.1) is 27.6 Å². The van der Waals surface area contributed by atoms with E-state index in [1.807, 2.05) is 24.3 Å². The maximum atomic E-state index is 6.56. The van der Waals surface area contributed by atoms with E-state index in [-0.39, 0.29) is 0 Å². The van der Waals surface area contributed by atoms with Gasteiger partial charge in [-0.25, -0.2) is 0 Å². The molecule has 6 heteroatoms. The minimum absolute atomic E-state index is 0.456. The Morgan fingerprint density at radius 2 is 1.11 bits per heavy atom. The van der Waals surface area contributed by atoms with Crippen molar-refractivity contribution in [2.75, 3.05) is 0 Å². The fourth-order valence-corrected chi connectivity index (χ4v) is 3.79. The van der Waals surface area contributed by atoms with Crippen molar-refractivity contribution in [3.63, 3.8) is 0 Å². The maximum Gasteiger partial charge on any atom is 0.467 e. The Morgan fingerprint density at radius 3 is 1.43 bits per heavy atom. The molecule has 3 rings (SSSR count). The van der Waals surface area contributed by atoms with Crippen molar-refractivity contribution >= 4 is 14.2 Å². The molecule has 4 nitrogen and oxygen atoms in total. The summed E-state index contributed by atoms with van der Waals surface area (Å²) in [6, 6.07) is 10.3. The van der Waals surface area contributed by atoms with Gasteiger partial charge in [0.2, 0.25) is 0 Å². The van der Waals surface area contributed by atoms with Gasteiger partial charge in [-0.15, -0.1) is 6.58 Å². The van der Waals surface area contributed by atoms with Crippen LogP contribution in [0.4, 0.5) is 0 Å². The summed E-state index contributed by atoms with van der Waals surface area (Å²) in [5.74, 6) is 0. The summed E-state index contributed by atoms with van der Waals surface area (Å²) in [4.78, 5) is 0. The molecule has 0 spiro atoms. The second-order valence-electron chi connectivity index (χ2n) is 10.1. The molecular weight excluding hydrogens is 350 g/mol. The second kappa shape index (κ2) is 6.73. The summed E-state index contributed by atoms with van der Waals surface area (Å²) in [6.45, 7) is 20.6. The summed E-state index contributed by atoms with van der Waals surface area (Å²) in [5.41, 5.74) is -0.761. The van der Waals surface area contributed by atoms with Crippen LogP contribution >= 0.6 is 0 Å². The Morgan fingerprint density at radius 1 is 0.750 bits per heavy atom. The van der Waals surface area contributed by atoms with Gasteiger partial charge in [-0.05, 0) is 67.4 Å². The molecule has 0 atom stereocenters. The second-order valence-corrected chi connectivity index (χ2v) is 10.1. The lowest BCUT2D eigenvalue weighted by atomic mass is 9.35. The topological polar surface area (TPSA) is 36.9 Å². The van der Waals surface area contributed by atoms with E-state index in [0.717, 1.165) is 5.56 Å². The van der Waals surface area contributed by atoms with E-state index in [1.54, 1.807) is 0 Å². The monoisotopic (exact) mass is 384 g/mol. The van der Waals surface area contributed by atoms with Crippen LogP contribution < -0.4 is 0 Å². The summed E-state index contributed by atoms with van der Waals surface area (Å²) < 4.78 is 26.2. The van der Waals surface area contributed by atoms with Crippen LogP contribution in [-0.4, -0.2) is 36.6 Å². The third kappa shape index (κ3) is 3.19. The fourth-order valence-electron chi connectivity index (χ4n) is 3.79. The van der Waals surface area contributed by atoms with Crippen LogP contribution in [0.3, 0.4) is 0 Å². The first kappa shape index (κ1) is 21.6.